The number of hydrogen-bond acceptors (Lipinski definition) is 4. The number of carbonyl (C=O) groups excluding carboxylic acids is 1. The molecule has 0 aromatic carbocycles. The van der Waals surface area contributed by atoms with E-state index in [1.807, 2.05) is 6.07 Å². The lowest BCUT2D eigenvalue weighted by Crippen LogP contribution is -2.27. The van der Waals surface area contributed by atoms with Gasteiger partial charge in [0.25, 0.3) is 11.3 Å². The first-order valence-corrected chi connectivity index (χ1v) is 9.33. The number of halogens is 4. The van der Waals surface area contributed by atoms with Crippen LogP contribution in [0.25, 0.3) is 5.65 Å². The number of pyridine rings is 1. The summed E-state index contributed by atoms with van der Waals surface area (Å²) in [6.07, 6.45) is -0.00379. The van der Waals surface area contributed by atoms with Crippen LogP contribution in [0.4, 0.5) is 13.2 Å². The van der Waals surface area contributed by atoms with Crippen LogP contribution in [0.15, 0.2) is 24.5 Å². The average Bonchev–Trinajstić information content (AvgIpc) is 3.31. The minimum absolute atomic E-state index is 0.0398. The number of ether oxygens (including phenoxy) is 1. The molecule has 27 heavy (non-hydrogen) atoms. The van der Waals surface area contributed by atoms with E-state index in [2.05, 4.69) is 4.98 Å². The van der Waals surface area contributed by atoms with Crippen molar-refractivity contribution in [3.63, 3.8) is 0 Å². The molecule has 0 bridgehead atoms. The van der Waals surface area contributed by atoms with E-state index in [0.717, 1.165) is 29.7 Å². The maximum Gasteiger partial charge on any atom is 0.459 e. The van der Waals surface area contributed by atoms with Crippen LogP contribution in [0.3, 0.4) is 0 Å². The number of rotatable bonds is 5. The Morgan fingerprint density at radius 2 is 2.22 bits per heavy atom. The summed E-state index contributed by atoms with van der Waals surface area (Å²) in [7, 11) is 1.26. The topological polar surface area (TPSA) is 48.2 Å². The monoisotopic (exact) mass is 416 g/mol. The maximum atomic E-state index is 13.3. The lowest BCUT2D eigenvalue weighted by Gasteiger charge is -2.05. The number of fused-ring (bicyclic) bond motifs is 1. The molecule has 1 saturated carbocycles. The molecule has 4 rings (SSSR count). The van der Waals surface area contributed by atoms with Gasteiger partial charge in [0.1, 0.15) is 6.54 Å². The highest BCUT2D eigenvalue weighted by Crippen LogP contribution is 2.42. The number of nitrogens with zero attached hydrogens (tertiary/aromatic N) is 3. The van der Waals surface area contributed by atoms with Gasteiger partial charge in [-0.05, 0) is 30.9 Å². The van der Waals surface area contributed by atoms with Gasteiger partial charge in [0.05, 0.1) is 18.2 Å². The Labute approximate surface area is 161 Å². The molecule has 0 saturated heterocycles. The lowest BCUT2D eigenvalue weighted by molar-refractivity contribution is -0.520. The summed E-state index contributed by atoms with van der Waals surface area (Å²) in [6, 6.07) is 3.63. The number of carbonyl (C=O) groups is 1. The van der Waals surface area contributed by atoms with E-state index in [1.54, 1.807) is 12.3 Å². The molecule has 1 aliphatic rings. The van der Waals surface area contributed by atoms with Gasteiger partial charge >= 0.3 is 17.8 Å². The number of methoxy groups -OCH3 is 1. The minimum atomic E-state index is -5.02. The third-order valence-electron chi connectivity index (χ3n) is 4.47. The molecule has 0 unspecified atom stereocenters. The Morgan fingerprint density at radius 1 is 1.48 bits per heavy atom. The van der Waals surface area contributed by atoms with Crippen molar-refractivity contribution in [2.75, 3.05) is 7.11 Å². The number of aromatic nitrogens is 3. The molecule has 0 N–H and O–H groups in total. The van der Waals surface area contributed by atoms with E-state index < -0.39 is 17.7 Å². The van der Waals surface area contributed by atoms with Gasteiger partial charge in [-0.25, -0.2) is 9.55 Å². The van der Waals surface area contributed by atoms with Crippen molar-refractivity contribution in [1.29, 1.82) is 0 Å². The number of Topliss-reactive ketones (excluding diaryl/α,β-unsaturated/α-hetero) is 1. The molecule has 3 heterocycles. The van der Waals surface area contributed by atoms with E-state index in [-0.39, 0.29) is 22.8 Å². The van der Waals surface area contributed by atoms with Gasteiger partial charge in [-0.1, -0.05) is 11.6 Å². The molecule has 3 aromatic rings. The second kappa shape index (κ2) is 6.49. The number of ketones is 1. The fraction of sp³-hybridized carbons (Fsp3) is 0.353. The second-order valence-electron chi connectivity index (χ2n) is 6.28. The second-order valence-corrected chi connectivity index (χ2v) is 7.98. The number of hydrogen-bond donors (Lipinski definition) is 0. The van der Waals surface area contributed by atoms with Crippen LogP contribution in [0.2, 0.25) is 4.47 Å². The molecule has 10 heteroatoms. The van der Waals surface area contributed by atoms with Crippen molar-refractivity contribution in [3.8, 4) is 5.88 Å². The first-order chi connectivity index (χ1) is 12.8. The van der Waals surface area contributed by atoms with Crippen LogP contribution < -0.4 is 9.14 Å². The van der Waals surface area contributed by atoms with Gasteiger partial charge in [0, 0.05) is 11.8 Å². The van der Waals surface area contributed by atoms with Gasteiger partial charge < -0.3 is 4.74 Å². The number of imidazole rings is 1. The molecule has 0 amide bonds. The van der Waals surface area contributed by atoms with E-state index >= 15 is 0 Å². The molecule has 0 spiro atoms. The third-order valence-corrected chi connectivity index (χ3v) is 5.57. The Hall–Kier alpha value is -2.13. The Balaban J connectivity index is 2.02. The maximum absolute atomic E-state index is 13.3. The summed E-state index contributed by atoms with van der Waals surface area (Å²) in [6.45, 7) is 0.0398. The fourth-order valence-electron chi connectivity index (χ4n) is 3.23. The summed E-state index contributed by atoms with van der Waals surface area (Å²) < 4.78 is 48.3. The quantitative estimate of drug-likeness (QED) is 0.466. The third kappa shape index (κ3) is 3.19. The average molecular weight is 417 g/mol. The van der Waals surface area contributed by atoms with Crippen molar-refractivity contribution in [3.05, 3.63) is 45.1 Å². The molecule has 5 nitrogen and oxygen atoms in total. The Bertz CT molecular complexity index is 1040. The molecule has 0 aliphatic heterocycles. The highest BCUT2D eigenvalue weighted by atomic mass is 35.5. The minimum Gasteiger partial charge on any atom is -0.462 e. The molecule has 1 fully saturated rings. The van der Waals surface area contributed by atoms with Gasteiger partial charge in [-0.2, -0.15) is 17.6 Å². The molecule has 1 aliphatic carbocycles. The van der Waals surface area contributed by atoms with Crippen LogP contribution in [-0.2, 0) is 6.54 Å². The fourth-order valence-corrected chi connectivity index (χ4v) is 4.20. The SMILES string of the molecule is COc1c(C(=O)C(F)(F)F)n(Cc2cnc(Cl)s2)c2c(C3CC3)ccc[n+]12. The summed E-state index contributed by atoms with van der Waals surface area (Å²) in [4.78, 5) is 16.8. The van der Waals surface area contributed by atoms with Crippen molar-refractivity contribution in [2.24, 2.45) is 0 Å². The van der Waals surface area contributed by atoms with Crippen molar-refractivity contribution >= 4 is 34.4 Å². The zero-order valence-corrected chi connectivity index (χ0v) is 15.7. The first kappa shape index (κ1) is 18.2. The van der Waals surface area contributed by atoms with E-state index in [9.17, 15) is 18.0 Å². The van der Waals surface area contributed by atoms with Crippen molar-refractivity contribution in [1.82, 2.24) is 9.55 Å². The highest BCUT2D eigenvalue weighted by molar-refractivity contribution is 7.15. The van der Waals surface area contributed by atoms with Crippen molar-refractivity contribution in [2.45, 2.75) is 31.5 Å². The smallest absolute Gasteiger partial charge is 0.459 e. The van der Waals surface area contributed by atoms with E-state index in [0.29, 0.717) is 10.5 Å². The van der Waals surface area contributed by atoms with Gasteiger partial charge in [-0.15, -0.1) is 11.3 Å². The first-order valence-electron chi connectivity index (χ1n) is 8.13. The van der Waals surface area contributed by atoms with E-state index in [4.69, 9.17) is 16.3 Å². The molecule has 0 radical (unpaired) electrons. The molecule has 142 valence electrons. The van der Waals surface area contributed by atoms with Crippen LogP contribution >= 0.6 is 22.9 Å². The highest BCUT2D eigenvalue weighted by Gasteiger charge is 2.49. The predicted octanol–water partition coefficient (Wildman–Crippen LogP) is 4.02. The van der Waals surface area contributed by atoms with E-state index in [1.165, 1.54) is 22.3 Å². The van der Waals surface area contributed by atoms with Crippen LogP contribution in [0.5, 0.6) is 5.88 Å². The molecule has 0 atom stereocenters. The zero-order valence-electron chi connectivity index (χ0n) is 14.1. The Morgan fingerprint density at radius 3 is 2.78 bits per heavy atom. The predicted molar refractivity (Wildman–Crippen MR) is 92.7 cm³/mol. The van der Waals surface area contributed by atoms with Crippen molar-refractivity contribution < 1.29 is 27.1 Å². The van der Waals surface area contributed by atoms with Crippen LogP contribution in [0.1, 0.15) is 39.7 Å². The molecular formula is C17H14ClF3N3O2S+. The summed E-state index contributed by atoms with van der Waals surface area (Å²) in [5.41, 5.74) is 0.893. The van der Waals surface area contributed by atoms with Gasteiger partial charge in [0.15, 0.2) is 4.47 Å². The summed E-state index contributed by atoms with van der Waals surface area (Å²) in [5, 5.41) is 0. The lowest BCUT2D eigenvalue weighted by atomic mass is 10.2. The molecular weight excluding hydrogens is 403 g/mol. The number of thiazole rings is 1. The van der Waals surface area contributed by atoms with Gasteiger partial charge in [-0.3, -0.25) is 4.79 Å². The molecule has 3 aromatic heterocycles. The van der Waals surface area contributed by atoms with Crippen LogP contribution in [-0.4, -0.2) is 28.6 Å². The van der Waals surface area contributed by atoms with Crippen LogP contribution in [0, 0.1) is 0 Å². The van der Waals surface area contributed by atoms with Gasteiger partial charge in [0.2, 0.25) is 0 Å². The number of alkyl halides is 3. The summed E-state index contributed by atoms with van der Waals surface area (Å²) in [5.74, 6) is -1.82. The largest absolute Gasteiger partial charge is 0.462 e. The zero-order chi connectivity index (χ0) is 19.3. The normalized spacial score (nSPS) is 14.7. The Kier molecular flexibility index (Phi) is 4.38. The summed E-state index contributed by atoms with van der Waals surface area (Å²) >= 11 is 7.02. The standard InChI is InChI=1S/C17H14ClF3N3O2S/c1-26-15-12(13(25)17(19,20)21)24(8-10-7-22-16(18)27-10)14-11(9-4-5-9)3-2-6-23(14)15/h2-3,6-7,9H,4-5,8H2,1H3/q+1.